The Labute approximate surface area is 166 Å². The van der Waals surface area contributed by atoms with Crippen LogP contribution < -0.4 is 14.8 Å². The Morgan fingerprint density at radius 1 is 1.15 bits per heavy atom. The minimum absolute atomic E-state index is 0.0149. The maximum atomic E-state index is 13.1. The summed E-state index contributed by atoms with van der Waals surface area (Å²) in [6.07, 6.45) is 0. The van der Waals surface area contributed by atoms with Crippen LogP contribution in [0.2, 0.25) is 10.0 Å². The first-order chi connectivity index (χ1) is 12.6. The van der Waals surface area contributed by atoms with E-state index in [0.717, 1.165) is 6.07 Å². The highest BCUT2D eigenvalue weighted by Crippen LogP contribution is 2.27. The smallest absolute Gasteiger partial charge is 0.262 e. The van der Waals surface area contributed by atoms with Gasteiger partial charge in [0.25, 0.3) is 5.91 Å². The zero-order chi connectivity index (χ0) is 20.2. The van der Waals surface area contributed by atoms with Gasteiger partial charge in [-0.25, -0.2) is 17.5 Å². The van der Waals surface area contributed by atoms with E-state index in [0.29, 0.717) is 5.69 Å². The van der Waals surface area contributed by atoms with Crippen molar-refractivity contribution in [1.82, 2.24) is 4.72 Å². The Hall–Kier alpha value is -1.87. The number of amides is 1. The molecule has 0 aliphatic rings. The van der Waals surface area contributed by atoms with Gasteiger partial charge in [-0.2, -0.15) is 0 Å². The fraction of sp³-hybridized carbons (Fsp3) is 0.235. The zero-order valence-corrected chi connectivity index (χ0v) is 16.8. The van der Waals surface area contributed by atoms with E-state index in [4.69, 9.17) is 27.9 Å². The molecule has 0 spiro atoms. The molecule has 0 aromatic heterocycles. The first kappa shape index (κ1) is 21.4. The van der Waals surface area contributed by atoms with Crippen LogP contribution in [0, 0.1) is 5.82 Å². The van der Waals surface area contributed by atoms with Crippen LogP contribution in [0.5, 0.6) is 5.75 Å². The van der Waals surface area contributed by atoms with Crippen molar-refractivity contribution in [3.63, 3.8) is 0 Å². The first-order valence-electron chi connectivity index (χ1n) is 7.78. The van der Waals surface area contributed by atoms with Crippen molar-refractivity contribution >= 4 is 44.8 Å². The molecule has 0 aliphatic heterocycles. The van der Waals surface area contributed by atoms with Gasteiger partial charge in [-0.15, -0.1) is 0 Å². The standard InChI is InChI=1S/C17H17Cl2FN2O4S/c1-10(2)22-27(24,25)12-4-6-16(14(19)8-12)26-9-17(23)21-11-3-5-15(20)13(18)7-11/h3-8,10,22H,9H2,1-2H3,(H,21,23). The lowest BCUT2D eigenvalue weighted by Crippen LogP contribution is -2.30. The third kappa shape index (κ3) is 6.07. The average Bonchev–Trinajstić information content (AvgIpc) is 2.56. The van der Waals surface area contributed by atoms with Crippen molar-refractivity contribution in [1.29, 1.82) is 0 Å². The van der Waals surface area contributed by atoms with Gasteiger partial charge in [0.05, 0.1) is 14.9 Å². The summed E-state index contributed by atoms with van der Waals surface area (Å²) in [6, 6.07) is 7.40. The summed E-state index contributed by atoms with van der Waals surface area (Å²) < 4.78 is 45.1. The lowest BCUT2D eigenvalue weighted by molar-refractivity contribution is -0.118. The quantitative estimate of drug-likeness (QED) is 0.693. The van der Waals surface area contributed by atoms with E-state index in [1.54, 1.807) is 13.8 Å². The molecule has 0 saturated carbocycles. The second-order valence-electron chi connectivity index (χ2n) is 5.83. The second-order valence-corrected chi connectivity index (χ2v) is 8.36. The van der Waals surface area contributed by atoms with Crippen LogP contribution in [0.4, 0.5) is 10.1 Å². The van der Waals surface area contributed by atoms with Crippen molar-refractivity contribution in [2.24, 2.45) is 0 Å². The highest BCUT2D eigenvalue weighted by Gasteiger charge is 2.17. The van der Waals surface area contributed by atoms with Crippen LogP contribution in [0.25, 0.3) is 0 Å². The molecule has 0 heterocycles. The highest BCUT2D eigenvalue weighted by atomic mass is 35.5. The largest absolute Gasteiger partial charge is 0.482 e. The van der Waals surface area contributed by atoms with E-state index in [9.17, 15) is 17.6 Å². The molecule has 0 aliphatic carbocycles. The van der Waals surface area contributed by atoms with E-state index in [1.165, 1.54) is 30.3 Å². The Bertz CT molecular complexity index is 952. The number of carbonyl (C=O) groups excluding carboxylic acids is 1. The molecule has 1 amide bonds. The van der Waals surface area contributed by atoms with Crippen molar-refractivity contribution < 1.29 is 22.3 Å². The SMILES string of the molecule is CC(C)NS(=O)(=O)c1ccc(OCC(=O)Nc2ccc(F)c(Cl)c2)c(Cl)c1. The molecule has 10 heteroatoms. The summed E-state index contributed by atoms with van der Waals surface area (Å²) in [5.74, 6) is -0.973. The number of nitrogens with one attached hydrogen (secondary N) is 2. The Morgan fingerprint density at radius 2 is 1.85 bits per heavy atom. The van der Waals surface area contributed by atoms with Crippen LogP contribution in [0.3, 0.4) is 0 Å². The molecule has 146 valence electrons. The lowest BCUT2D eigenvalue weighted by atomic mass is 10.3. The molecule has 2 aromatic carbocycles. The van der Waals surface area contributed by atoms with E-state index < -0.39 is 21.7 Å². The molecule has 0 bridgehead atoms. The summed E-state index contributed by atoms with van der Waals surface area (Å²) in [4.78, 5) is 11.9. The topological polar surface area (TPSA) is 84.5 Å². The number of ether oxygens (including phenoxy) is 1. The maximum absolute atomic E-state index is 13.1. The number of carbonyl (C=O) groups is 1. The monoisotopic (exact) mass is 434 g/mol. The van der Waals surface area contributed by atoms with Gasteiger partial charge in [0.1, 0.15) is 11.6 Å². The number of benzene rings is 2. The van der Waals surface area contributed by atoms with Crippen LogP contribution >= 0.6 is 23.2 Å². The number of anilines is 1. The van der Waals surface area contributed by atoms with E-state index in [2.05, 4.69) is 10.0 Å². The van der Waals surface area contributed by atoms with E-state index >= 15 is 0 Å². The van der Waals surface area contributed by atoms with Crippen molar-refractivity contribution in [2.45, 2.75) is 24.8 Å². The van der Waals surface area contributed by atoms with Gasteiger partial charge in [-0.3, -0.25) is 4.79 Å². The predicted molar refractivity (Wildman–Crippen MR) is 102 cm³/mol. The second kappa shape index (κ2) is 8.88. The molecule has 2 N–H and O–H groups in total. The van der Waals surface area contributed by atoms with Gasteiger partial charge in [-0.05, 0) is 50.2 Å². The molecular weight excluding hydrogens is 418 g/mol. The highest BCUT2D eigenvalue weighted by molar-refractivity contribution is 7.89. The van der Waals surface area contributed by atoms with Crippen molar-refractivity contribution in [3.8, 4) is 5.75 Å². The molecular formula is C17H17Cl2FN2O4S. The Balaban J connectivity index is 2.01. The van der Waals surface area contributed by atoms with Crippen LogP contribution in [0.1, 0.15) is 13.8 Å². The summed E-state index contributed by atoms with van der Waals surface area (Å²) in [5, 5.41) is 2.41. The fourth-order valence-corrected chi connectivity index (χ4v) is 3.82. The van der Waals surface area contributed by atoms with Gasteiger partial charge in [-0.1, -0.05) is 23.2 Å². The normalized spacial score (nSPS) is 11.5. The minimum atomic E-state index is -3.69. The summed E-state index contributed by atoms with van der Waals surface area (Å²) in [6.45, 7) is 3.01. The molecule has 2 rings (SSSR count). The Morgan fingerprint density at radius 3 is 2.44 bits per heavy atom. The predicted octanol–water partition coefficient (Wildman–Crippen LogP) is 3.84. The molecule has 0 radical (unpaired) electrons. The Kier molecular flexibility index (Phi) is 7.05. The summed E-state index contributed by atoms with van der Waals surface area (Å²) in [5.41, 5.74) is 0.308. The summed E-state index contributed by atoms with van der Waals surface area (Å²) in [7, 11) is -3.69. The third-order valence-electron chi connectivity index (χ3n) is 3.17. The van der Waals surface area contributed by atoms with Crippen molar-refractivity contribution in [3.05, 3.63) is 52.3 Å². The molecule has 0 atom stereocenters. The number of hydrogen-bond acceptors (Lipinski definition) is 4. The maximum Gasteiger partial charge on any atom is 0.262 e. The van der Waals surface area contributed by atoms with Crippen LogP contribution in [-0.2, 0) is 14.8 Å². The summed E-state index contributed by atoms with van der Waals surface area (Å²) >= 11 is 11.7. The lowest BCUT2D eigenvalue weighted by Gasteiger charge is -2.12. The zero-order valence-electron chi connectivity index (χ0n) is 14.4. The van der Waals surface area contributed by atoms with Crippen LogP contribution in [-0.4, -0.2) is 27.0 Å². The molecule has 6 nitrogen and oxygen atoms in total. The molecule has 0 unspecified atom stereocenters. The van der Waals surface area contributed by atoms with Crippen molar-refractivity contribution in [2.75, 3.05) is 11.9 Å². The molecule has 27 heavy (non-hydrogen) atoms. The number of rotatable bonds is 7. The van der Waals surface area contributed by atoms with E-state index in [-0.39, 0.29) is 33.3 Å². The number of halogens is 3. The average molecular weight is 435 g/mol. The van der Waals surface area contributed by atoms with E-state index in [1.807, 2.05) is 0 Å². The molecule has 0 saturated heterocycles. The van der Waals surface area contributed by atoms with Gasteiger partial charge in [0, 0.05) is 11.7 Å². The minimum Gasteiger partial charge on any atom is -0.482 e. The number of sulfonamides is 1. The van der Waals surface area contributed by atoms with Crippen LogP contribution in [0.15, 0.2) is 41.3 Å². The number of hydrogen-bond donors (Lipinski definition) is 2. The molecule has 2 aromatic rings. The van der Waals surface area contributed by atoms with Gasteiger partial charge >= 0.3 is 0 Å². The van der Waals surface area contributed by atoms with Gasteiger partial charge in [0.2, 0.25) is 10.0 Å². The van der Waals surface area contributed by atoms with Gasteiger partial charge in [0.15, 0.2) is 6.61 Å². The molecule has 0 fully saturated rings. The fourth-order valence-electron chi connectivity index (χ4n) is 2.06. The first-order valence-corrected chi connectivity index (χ1v) is 10.0. The van der Waals surface area contributed by atoms with Gasteiger partial charge < -0.3 is 10.1 Å². The third-order valence-corrected chi connectivity index (χ3v) is 5.41.